The van der Waals surface area contributed by atoms with Gasteiger partial charge in [0.05, 0.1) is 5.56 Å². The molecule has 6 nitrogen and oxygen atoms in total. The van der Waals surface area contributed by atoms with E-state index in [0.29, 0.717) is 11.4 Å². The van der Waals surface area contributed by atoms with Crippen LogP contribution in [-0.4, -0.2) is 26.2 Å². The Hall–Kier alpha value is -2.37. The van der Waals surface area contributed by atoms with Crippen LogP contribution in [-0.2, 0) is 4.79 Å². The van der Waals surface area contributed by atoms with Gasteiger partial charge in [-0.15, -0.1) is 0 Å². The number of aromatic amines is 1. The van der Waals surface area contributed by atoms with Gasteiger partial charge in [-0.2, -0.15) is 10.1 Å². The summed E-state index contributed by atoms with van der Waals surface area (Å²) in [6.07, 6.45) is 0. The van der Waals surface area contributed by atoms with E-state index in [4.69, 9.17) is 0 Å². The summed E-state index contributed by atoms with van der Waals surface area (Å²) in [4.78, 5) is 15.9. The van der Waals surface area contributed by atoms with Gasteiger partial charge in [0, 0.05) is 5.41 Å². The predicted octanol–water partition coefficient (Wildman–Crippen LogP) is 2.16. The molecule has 0 unspecified atom stereocenters. The topological polar surface area (TPSA) is 90.9 Å². The molecule has 1 aromatic heterocycles. The van der Waals surface area contributed by atoms with E-state index in [1.54, 1.807) is 24.3 Å². The number of aromatic hydroxyl groups is 1. The minimum absolute atomic E-state index is 0.0928. The number of phenolic OH excluding ortho intramolecular Hbond substituents is 1. The summed E-state index contributed by atoms with van der Waals surface area (Å²) in [5.74, 6) is 0.531. The number of carbonyl (C=O) groups excluding carboxylic acids is 1. The van der Waals surface area contributed by atoms with E-state index in [0.717, 1.165) is 0 Å². The number of phenols is 1. The zero-order valence-electron chi connectivity index (χ0n) is 11.1. The first kappa shape index (κ1) is 13.1. The maximum atomic E-state index is 11.8. The molecule has 0 atom stereocenters. The average Bonchev–Trinajstić information content (AvgIpc) is 2.76. The van der Waals surface area contributed by atoms with E-state index in [1.165, 1.54) is 0 Å². The molecule has 2 aromatic rings. The van der Waals surface area contributed by atoms with Crippen molar-refractivity contribution in [2.45, 2.75) is 20.8 Å². The van der Waals surface area contributed by atoms with Crippen LogP contribution >= 0.6 is 0 Å². The first-order valence-corrected chi connectivity index (χ1v) is 5.90. The van der Waals surface area contributed by atoms with E-state index < -0.39 is 5.41 Å². The summed E-state index contributed by atoms with van der Waals surface area (Å²) in [5.41, 5.74) is -0.00280. The maximum Gasteiger partial charge on any atom is 0.232 e. The van der Waals surface area contributed by atoms with Crippen molar-refractivity contribution in [1.29, 1.82) is 0 Å². The second-order valence-electron chi connectivity index (χ2n) is 5.23. The molecule has 6 heteroatoms. The summed E-state index contributed by atoms with van der Waals surface area (Å²) < 4.78 is 0. The molecular weight excluding hydrogens is 244 g/mol. The zero-order valence-corrected chi connectivity index (χ0v) is 11.1. The van der Waals surface area contributed by atoms with Gasteiger partial charge in [-0.25, -0.2) is 5.10 Å². The summed E-state index contributed by atoms with van der Waals surface area (Å²) >= 11 is 0. The van der Waals surface area contributed by atoms with Gasteiger partial charge in [0.1, 0.15) is 5.75 Å². The summed E-state index contributed by atoms with van der Waals surface area (Å²) in [5, 5.41) is 18.9. The van der Waals surface area contributed by atoms with Crippen LogP contribution in [0.3, 0.4) is 0 Å². The maximum absolute atomic E-state index is 11.8. The minimum atomic E-state index is -0.512. The second kappa shape index (κ2) is 4.72. The standard InChI is InChI=1S/C13H16N4O2/c1-13(2,3)11(19)15-12-14-10(16-17-12)8-6-4-5-7-9(8)18/h4-7,18H,1-3H3,(H2,14,15,16,17,19). The van der Waals surface area contributed by atoms with Crippen LogP contribution in [0.25, 0.3) is 11.4 Å². The molecule has 0 bridgehead atoms. The molecule has 0 saturated heterocycles. The molecule has 0 saturated carbocycles. The largest absolute Gasteiger partial charge is 0.507 e. The molecule has 1 aromatic carbocycles. The number of para-hydroxylation sites is 1. The van der Waals surface area contributed by atoms with Gasteiger partial charge in [-0.1, -0.05) is 32.9 Å². The lowest BCUT2D eigenvalue weighted by molar-refractivity contribution is -0.123. The molecule has 3 N–H and O–H groups in total. The number of nitrogens with one attached hydrogen (secondary N) is 2. The number of carbonyl (C=O) groups is 1. The number of H-pyrrole nitrogens is 1. The molecule has 100 valence electrons. The Morgan fingerprint density at radius 3 is 2.63 bits per heavy atom. The molecule has 0 aliphatic heterocycles. The van der Waals surface area contributed by atoms with Crippen LogP contribution in [0.15, 0.2) is 24.3 Å². The van der Waals surface area contributed by atoms with Gasteiger partial charge < -0.3 is 5.11 Å². The van der Waals surface area contributed by atoms with Crippen molar-refractivity contribution in [3.8, 4) is 17.1 Å². The third-order valence-corrected chi connectivity index (χ3v) is 2.54. The molecule has 0 spiro atoms. The van der Waals surface area contributed by atoms with Crippen LogP contribution in [0.2, 0.25) is 0 Å². The Kier molecular flexibility index (Phi) is 3.25. The number of amides is 1. The number of benzene rings is 1. The number of hydrogen-bond acceptors (Lipinski definition) is 4. The monoisotopic (exact) mass is 260 g/mol. The van der Waals surface area contributed by atoms with Crippen molar-refractivity contribution in [3.05, 3.63) is 24.3 Å². The SMILES string of the molecule is CC(C)(C)C(=O)Nc1nc(-c2ccccc2O)n[nH]1. The molecule has 0 fully saturated rings. The van der Waals surface area contributed by atoms with Gasteiger partial charge >= 0.3 is 0 Å². The molecule has 1 amide bonds. The van der Waals surface area contributed by atoms with Crippen molar-refractivity contribution in [2.75, 3.05) is 5.32 Å². The third kappa shape index (κ3) is 2.90. The van der Waals surface area contributed by atoms with Gasteiger partial charge in [0.25, 0.3) is 0 Å². The van der Waals surface area contributed by atoms with E-state index in [-0.39, 0.29) is 17.6 Å². The molecule has 2 rings (SSSR count). The Bertz CT molecular complexity index is 599. The summed E-state index contributed by atoms with van der Waals surface area (Å²) in [6.45, 7) is 5.42. The van der Waals surface area contributed by atoms with E-state index >= 15 is 0 Å². The van der Waals surface area contributed by atoms with E-state index in [2.05, 4.69) is 20.5 Å². The Morgan fingerprint density at radius 2 is 2.00 bits per heavy atom. The molecule has 19 heavy (non-hydrogen) atoms. The van der Waals surface area contributed by atoms with E-state index in [1.807, 2.05) is 20.8 Å². The molecule has 0 aliphatic carbocycles. The smallest absolute Gasteiger partial charge is 0.232 e. The number of hydrogen-bond donors (Lipinski definition) is 3. The van der Waals surface area contributed by atoms with Crippen LogP contribution in [0, 0.1) is 5.41 Å². The number of rotatable bonds is 2. The fourth-order valence-corrected chi connectivity index (χ4v) is 1.40. The lowest BCUT2D eigenvalue weighted by atomic mass is 9.96. The predicted molar refractivity (Wildman–Crippen MR) is 71.6 cm³/mol. The average molecular weight is 260 g/mol. The van der Waals surface area contributed by atoms with Crippen molar-refractivity contribution in [1.82, 2.24) is 15.2 Å². The van der Waals surface area contributed by atoms with Crippen molar-refractivity contribution in [3.63, 3.8) is 0 Å². The van der Waals surface area contributed by atoms with Crippen LogP contribution in [0.4, 0.5) is 5.95 Å². The van der Waals surface area contributed by atoms with Gasteiger partial charge in [0.15, 0.2) is 5.82 Å². The fourth-order valence-electron chi connectivity index (χ4n) is 1.40. The van der Waals surface area contributed by atoms with Crippen molar-refractivity contribution in [2.24, 2.45) is 5.41 Å². The summed E-state index contributed by atoms with van der Waals surface area (Å²) in [7, 11) is 0. The molecular formula is C13H16N4O2. The third-order valence-electron chi connectivity index (χ3n) is 2.54. The minimum Gasteiger partial charge on any atom is -0.507 e. The summed E-state index contributed by atoms with van der Waals surface area (Å²) in [6, 6.07) is 6.75. The second-order valence-corrected chi connectivity index (χ2v) is 5.23. The lowest BCUT2D eigenvalue weighted by Gasteiger charge is -2.15. The number of nitrogens with zero attached hydrogens (tertiary/aromatic N) is 2. The normalized spacial score (nSPS) is 11.3. The Labute approximate surface area is 110 Å². The zero-order chi connectivity index (χ0) is 14.0. The number of aromatic nitrogens is 3. The lowest BCUT2D eigenvalue weighted by Crippen LogP contribution is -2.28. The van der Waals surface area contributed by atoms with Gasteiger partial charge in [0.2, 0.25) is 11.9 Å². The highest BCUT2D eigenvalue weighted by atomic mass is 16.3. The highest BCUT2D eigenvalue weighted by Crippen LogP contribution is 2.26. The quantitative estimate of drug-likeness (QED) is 0.771. The van der Waals surface area contributed by atoms with Crippen LogP contribution in [0.1, 0.15) is 20.8 Å². The Balaban J connectivity index is 2.21. The molecule has 0 aliphatic rings. The Morgan fingerprint density at radius 1 is 1.32 bits per heavy atom. The first-order valence-electron chi connectivity index (χ1n) is 5.90. The van der Waals surface area contributed by atoms with Crippen LogP contribution < -0.4 is 5.32 Å². The van der Waals surface area contributed by atoms with Gasteiger partial charge in [-0.3, -0.25) is 10.1 Å². The molecule has 0 radical (unpaired) electrons. The van der Waals surface area contributed by atoms with Crippen molar-refractivity contribution < 1.29 is 9.90 Å². The highest BCUT2D eigenvalue weighted by molar-refractivity contribution is 5.93. The van der Waals surface area contributed by atoms with Crippen molar-refractivity contribution >= 4 is 11.9 Å². The van der Waals surface area contributed by atoms with Gasteiger partial charge in [-0.05, 0) is 12.1 Å². The highest BCUT2D eigenvalue weighted by Gasteiger charge is 2.22. The van der Waals surface area contributed by atoms with Crippen LogP contribution in [0.5, 0.6) is 5.75 Å². The molecule has 1 heterocycles. The number of anilines is 1. The van der Waals surface area contributed by atoms with E-state index in [9.17, 15) is 9.90 Å². The fraction of sp³-hybridized carbons (Fsp3) is 0.308. The first-order chi connectivity index (χ1) is 8.88.